The van der Waals surface area contributed by atoms with Crippen molar-refractivity contribution in [2.45, 2.75) is 13.8 Å². The zero-order valence-electron chi connectivity index (χ0n) is 15.2. The molecule has 0 fully saturated rings. The van der Waals surface area contributed by atoms with Crippen LogP contribution < -0.4 is 5.32 Å². The minimum absolute atomic E-state index is 0.304. The first kappa shape index (κ1) is 18.1. The number of benzene rings is 2. The SMILES string of the molecule is Cc1onc(-c2ccccc2)c1C(=O)Nc1nc(-c2ccc(F)cc2)c(C)s1. The number of nitrogens with one attached hydrogen (secondary N) is 1. The molecule has 4 aromatic rings. The van der Waals surface area contributed by atoms with Gasteiger partial charge in [0.1, 0.15) is 22.8 Å². The van der Waals surface area contributed by atoms with Crippen LogP contribution in [0, 0.1) is 19.7 Å². The maximum Gasteiger partial charge on any atom is 0.263 e. The predicted molar refractivity (Wildman–Crippen MR) is 107 cm³/mol. The van der Waals surface area contributed by atoms with Crippen LogP contribution in [0.3, 0.4) is 0 Å². The van der Waals surface area contributed by atoms with Crippen LogP contribution in [0.5, 0.6) is 0 Å². The Hall–Kier alpha value is -3.32. The molecule has 0 aliphatic carbocycles. The molecule has 0 atom stereocenters. The highest BCUT2D eigenvalue weighted by Crippen LogP contribution is 2.32. The minimum Gasteiger partial charge on any atom is -0.360 e. The summed E-state index contributed by atoms with van der Waals surface area (Å²) in [5.74, 6) is -0.207. The first-order valence-corrected chi connectivity index (χ1v) is 9.41. The summed E-state index contributed by atoms with van der Waals surface area (Å²) in [6.07, 6.45) is 0. The molecule has 2 heterocycles. The van der Waals surface area contributed by atoms with Gasteiger partial charge in [0.05, 0.1) is 5.69 Å². The molecule has 0 aliphatic heterocycles. The minimum atomic E-state index is -0.336. The van der Waals surface area contributed by atoms with Gasteiger partial charge >= 0.3 is 0 Å². The number of rotatable bonds is 4. The third-order valence-corrected chi connectivity index (χ3v) is 5.16. The van der Waals surface area contributed by atoms with Gasteiger partial charge in [-0.1, -0.05) is 35.5 Å². The zero-order chi connectivity index (χ0) is 19.7. The lowest BCUT2D eigenvalue weighted by Crippen LogP contribution is -2.13. The molecule has 0 saturated heterocycles. The van der Waals surface area contributed by atoms with Crippen molar-refractivity contribution in [3.05, 3.63) is 76.6 Å². The van der Waals surface area contributed by atoms with E-state index in [1.165, 1.54) is 23.5 Å². The number of aryl methyl sites for hydroxylation is 2. The van der Waals surface area contributed by atoms with E-state index in [1.54, 1.807) is 19.1 Å². The number of hydrogen-bond acceptors (Lipinski definition) is 5. The summed E-state index contributed by atoms with van der Waals surface area (Å²) in [6.45, 7) is 3.61. The monoisotopic (exact) mass is 393 g/mol. The summed E-state index contributed by atoms with van der Waals surface area (Å²) in [7, 11) is 0. The lowest BCUT2D eigenvalue weighted by molar-refractivity contribution is 0.102. The molecule has 4 rings (SSSR count). The predicted octanol–water partition coefficient (Wildman–Crippen LogP) is 5.47. The first-order chi connectivity index (χ1) is 13.5. The number of aromatic nitrogens is 2. The summed E-state index contributed by atoms with van der Waals surface area (Å²) in [6, 6.07) is 15.5. The molecule has 0 aliphatic rings. The van der Waals surface area contributed by atoms with E-state index < -0.39 is 0 Å². The number of hydrogen-bond donors (Lipinski definition) is 1. The quantitative estimate of drug-likeness (QED) is 0.499. The van der Waals surface area contributed by atoms with Crippen molar-refractivity contribution < 1.29 is 13.7 Å². The van der Waals surface area contributed by atoms with E-state index in [0.717, 1.165) is 16.0 Å². The standard InChI is InChI=1S/C21H16FN3O2S/c1-12-17(19(25-27-12)14-6-4-3-5-7-14)20(26)24-21-23-18(13(2)28-21)15-8-10-16(22)11-9-15/h3-11H,1-2H3,(H,23,24,26). The molecule has 0 spiro atoms. The van der Waals surface area contributed by atoms with Crippen LogP contribution in [-0.4, -0.2) is 16.0 Å². The van der Waals surface area contributed by atoms with Crippen molar-refractivity contribution in [1.82, 2.24) is 10.1 Å². The average molecular weight is 393 g/mol. The van der Waals surface area contributed by atoms with Gasteiger partial charge in [-0.25, -0.2) is 9.37 Å². The molecule has 5 nitrogen and oxygen atoms in total. The van der Waals surface area contributed by atoms with Gasteiger partial charge in [0, 0.05) is 16.0 Å². The fourth-order valence-electron chi connectivity index (χ4n) is 2.92. The van der Waals surface area contributed by atoms with E-state index in [0.29, 0.717) is 27.8 Å². The third-order valence-electron chi connectivity index (χ3n) is 4.27. The maximum absolute atomic E-state index is 13.2. The summed E-state index contributed by atoms with van der Waals surface area (Å²) in [5, 5.41) is 7.33. The van der Waals surface area contributed by atoms with Crippen molar-refractivity contribution in [3.8, 4) is 22.5 Å². The highest BCUT2D eigenvalue weighted by Gasteiger charge is 2.23. The van der Waals surface area contributed by atoms with Gasteiger partial charge in [0.2, 0.25) is 0 Å². The highest BCUT2D eigenvalue weighted by molar-refractivity contribution is 7.16. The Labute approximate surface area is 164 Å². The largest absolute Gasteiger partial charge is 0.360 e. The van der Waals surface area contributed by atoms with Crippen LogP contribution in [0.25, 0.3) is 22.5 Å². The Balaban J connectivity index is 1.63. The van der Waals surface area contributed by atoms with Gasteiger partial charge in [-0.15, -0.1) is 11.3 Å². The molecule has 0 saturated carbocycles. The second kappa shape index (κ2) is 7.36. The summed E-state index contributed by atoms with van der Waals surface area (Å²) < 4.78 is 18.4. The fraction of sp³-hybridized carbons (Fsp3) is 0.0952. The number of anilines is 1. The van der Waals surface area contributed by atoms with Gasteiger partial charge in [-0.2, -0.15) is 0 Å². The van der Waals surface area contributed by atoms with Gasteiger partial charge in [0.15, 0.2) is 5.13 Å². The topological polar surface area (TPSA) is 68.0 Å². The second-order valence-corrected chi connectivity index (χ2v) is 7.42. The van der Waals surface area contributed by atoms with Gasteiger partial charge < -0.3 is 4.52 Å². The number of carbonyl (C=O) groups excluding carboxylic acids is 1. The Kier molecular flexibility index (Phi) is 4.75. The van der Waals surface area contributed by atoms with E-state index in [-0.39, 0.29) is 11.7 Å². The number of carbonyl (C=O) groups is 1. The fourth-order valence-corrected chi connectivity index (χ4v) is 3.75. The summed E-state index contributed by atoms with van der Waals surface area (Å²) in [5.41, 5.74) is 3.17. The van der Waals surface area contributed by atoms with Gasteiger partial charge in [0.25, 0.3) is 5.91 Å². The number of thiazole rings is 1. The van der Waals surface area contributed by atoms with Crippen molar-refractivity contribution in [3.63, 3.8) is 0 Å². The van der Waals surface area contributed by atoms with Crippen molar-refractivity contribution in [2.24, 2.45) is 0 Å². The first-order valence-electron chi connectivity index (χ1n) is 8.59. The van der Waals surface area contributed by atoms with Crippen LogP contribution in [0.15, 0.2) is 59.1 Å². The van der Waals surface area contributed by atoms with E-state index >= 15 is 0 Å². The Morgan fingerprint density at radius 2 is 1.68 bits per heavy atom. The van der Waals surface area contributed by atoms with Crippen molar-refractivity contribution >= 4 is 22.4 Å². The highest BCUT2D eigenvalue weighted by atomic mass is 32.1. The van der Waals surface area contributed by atoms with E-state index in [1.807, 2.05) is 37.3 Å². The normalized spacial score (nSPS) is 10.8. The molecule has 1 N–H and O–H groups in total. The van der Waals surface area contributed by atoms with E-state index in [9.17, 15) is 9.18 Å². The van der Waals surface area contributed by atoms with E-state index in [2.05, 4.69) is 15.5 Å². The van der Waals surface area contributed by atoms with Crippen LogP contribution in [0.2, 0.25) is 0 Å². The summed E-state index contributed by atoms with van der Waals surface area (Å²) >= 11 is 1.36. The lowest BCUT2D eigenvalue weighted by Gasteiger charge is -2.03. The molecule has 1 amide bonds. The zero-order valence-corrected chi connectivity index (χ0v) is 16.0. The molecule has 0 unspecified atom stereocenters. The van der Waals surface area contributed by atoms with Crippen molar-refractivity contribution in [2.75, 3.05) is 5.32 Å². The number of halogens is 1. The Bertz CT molecular complexity index is 1130. The van der Waals surface area contributed by atoms with E-state index in [4.69, 9.17) is 4.52 Å². The lowest BCUT2D eigenvalue weighted by atomic mass is 10.1. The Morgan fingerprint density at radius 1 is 1.00 bits per heavy atom. The smallest absolute Gasteiger partial charge is 0.263 e. The molecular weight excluding hydrogens is 377 g/mol. The van der Waals surface area contributed by atoms with Crippen LogP contribution in [-0.2, 0) is 0 Å². The maximum atomic E-state index is 13.2. The molecule has 0 bridgehead atoms. The average Bonchev–Trinajstić information content (AvgIpc) is 3.25. The molecule has 2 aromatic heterocycles. The molecule has 140 valence electrons. The molecule has 7 heteroatoms. The van der Waals surface area contributed by atoms with Crippen molar-refractivity contribution in [1.29, 1.82) is 0 Å². The number of nitrogens with zero attached hydrogens (tertiary/aromatic N) is 2. The molecular formula is C21H16FN3O2S. The summed E-state index contributed by atoms with van der Waals surface area (Å²) in [4.78, 5) is 18.3. The van der Waals surface area contributed by atoms with Crippen LogP contribution >= 0.6 is 11.3 Å². The molecule has 28 heavy (non-hydrogen) atoms. The third kappa shape index (κ3) is 3.44. The molecule has 2 aromatic carbocycles. The van der Waals surface area contributed by atoms with Gasteiger partial charge in [-0.3, -0.25) is 10.1 Å². The van der Waals surface area contributed by atoms with Crippen LogP contribution in [0.1, 0.15) is 21.0 Å². The number of amides is 1. The molecule has 0 radical (unpaired) electrons. The van der Waals surface area contributed by atoms with Gasteiger partial charge in [-0.05, 0) is 38.1 Å². The van der Waals surface area contributed by atoms with Crippen LogP contribution in [0.4, 0.5) is 9.52 Å². The second-order valence-electron chi connectivity index (χ2n) is 6.21. The Morgan fingerprint density at radius 3 is 2.39 bits per heavy atom.